The number of methoxy groups -OCH3 is 1. The minimum Gasteiger partial charge on any atom is -0.496 e. The molecule has 0 aromatic carbocycles. The predicted molar refractivity (Wildman–Crippen MR) is 74.6 cm³/mol. The molecule has 0 aliphatic heterocycles. The third kappa shape index (κ3) is 3.69. The highest BCUT2D eigenvalue weighted by Gasteiger charge is 2.25. The molecule has 0 saturated heterocycles. The second-order valence-corrected chi connectivity index (χ2v) is 7.18. The maximum atomic E-state index is 12.1. The van der Waals surface area contributed by atoms with Gasteiger partial charge in [0.2, 0.25) is 0 Å². The van der Waals surface area contributed by atoms with E-state index in [4.69, 9.17) is 9.84 Å². The largest absolute Gasteiger partial charge is 0.496 e. The standard InChI is InChI=1S/C13H19NO5S/c1-8-6-14-11(10(3)13(8)19-4)7-20(17,18)9(2)5-12(15)16/h6,9H,5,7H2,1-4H3,(H,15,16). The summed E-state index contributed by atoms with van der Waals surface area (Å²) in [4.78, 5) is 14.7. The van der Waals surface area contributed by atoms with Crippen molar-refractivity contribution < 1.29 is 23.1 Å². The summed E-state index contributed by atoms with van der Waals surface area (Å²) in [6.07, 6.45) is 1.14. The zero-order valence-corrected chi connectivity index (χ0v) is 12.8. The van der Waals surface area contributed by atoms with Gasteiger partial charge >= 0.3 is 5.97 Å². The van der Waals surface area contributed by atoms with Crippen LogP contribution in [0.1, 0.15) is 30.2 Å². The van der Waals surface area contributed by atoms with Crippen molar-refractivity contribution in [2.75, 3.05) is 7.11 Å². The molecule has 7 heteroatoms. The van der Waals surface area contributed by atoms with Gasteiger partial charge in [0.05, 0.1) is 30.2 Å². The van der Waals surface area contributed by atoms with E-state index < -0.39 is 27.5 Å². The first-order chi connectivity index (χ1) is 9.19. The van der Waals surface area contributed by atoms with E-state index in [9.17, 15) is 13.2 Å². The Kier molecular flexibility index (Phi) is 5.10. The molecule has 1 rings (SSSR count). The molecule has 0 radical (unpaired) electrons. The number of aryl methyl sites for hydroxylation is 1. The van der Waals surface area contributed by atoms with Crippen molar-refractivity contribution in [1.82, 2.24) is 4.98 Å². The minimum atomic E-state index is -3.57. The van der Waals surface area contributed by atoms with Crippen LogP contribution in [0, 0.1) is 13.8 Å². The van der Waals surface area contributed by atoms with Crippen molar-refractivity contribution >= 4 is 15.8 Å². The lowest BCUT2D eigenvalue weighted by atomic mass is 10.1. The smallest absolute Gasteiger partial charge is 0.304 e. The maximum absolute atomic E-state index is 12.1. The maximum Gasteiger partial charge on any atom is 0.304 e. The van der Waals surface area contributed by atoms with Gasteiger partial charge in [0, 0.05) is 17.3 Å². The Balaban J connectivity index is 3.07. The van der Waals surface area contributed by atoms with Gasteiger partial charge in [-0.15, -0.1) is 0 Å². The van der Waals surface area contributed by atoms with Crippen molar-refractivity contribution in [3.05, 3.63) is 23.0 Å². The number of aromatic nitrogens is 1. The summed E-state index contributed by atoms with van der Waals surface area (Å²) in [6.45, 7) is 4.96. The van der Waals surface area contributed by atoms with Crippen LogP contribution in [0.25, 0.3) is 0 Å². The Labute approximate surface area is 118 Å². The van der Waals surface area contributed by atoms with E-state index in [2.05, 4.69) is 4.98 Å². The van der Waals surface area contributed by atoms with Gasteiger partial charge in [0.1, 0.15) is 5.75 Å². The molecular formula is C13H19NO5S. The van der Waals surface area contributed by atoms with Crippen molar-refractivity contribution in [3.63, 3.8) is 0 Å². The van der Waals surface area contributed by atoms with E-state index in [0.29, 0.717) is 17.0 Å². The zero-order valence-electron chi connectivity index (χ0n) is 12.0. The third-order valence-corrected chi connectivity index (χ3v) is 5.23. The number of rotatable bonds is 6. The summed E-state index contributed by atoms with van der Waals surface area (Å²) in [5.41, 5.74) is 1.88. The van der Waals surface area contributed by atoms with Gasteiger partial charge in [0.15, 0.2) is 9.84 Å². The quantitative estimate of drug-likeness (QED) is 0.855. The Morgan fingerprint density at radius 3 is 2.55 bits per heavy atom. The van der Waals surface area contributed by atoms with Crippen LogP contribution in [0.3, 0.4) is 0 Å². The van der Waals surface area contributed by atoms with Crippen LogP contribution in [-0.4, -0.2) is 36.8 Å². The number of carboxylic acids is 1. The molecule has 1 N–H and O–H groups in total. The van der Waals surface area contributed by atoms with E-state index in [-0.39, 0.29) is 5.75 Å². The van der Waals surface area contributed by atoms with E-state index in [0.717, 1.165) is 5.56 Å². The summed E-state index contributed by atoms with van der Waals surface area (Å²) >= 11 is 0. The number of hydrogen-bond donors (Lipinski definition) is 1. The summed E-state index contributed by atoms with van der Waals surface area (Å²) in [7, 11) is -2.05. The molecule has 6 nitrogen and oxygen atoms in total. The lowest BCUT2D eigenvalue weighted by molar-refractivity contribution is -0.136. The molecule has 0 aliphatic rings. The first kappa shape index (κ1) is 16.4. The van der Waals surface area contributed by atoms with Crippen LogP contribution < -0.4 is 4.74 Å². The summed E-state index contributed by atoms with van der Waals surface area (Å²) in [6, 6.07) is 0. The predicted octanol–water partition coefficient (Wildman–Crippen LogP) is 1.49. The fourth-order valence-corrected chi connectivity index (χ4v) is 3.28. The third-order valence-electron chi connectivity index (χ3n) is 3.16. The van der Waals surface area contributed by atoms with Crippen LogP contribution in [0.5, 0.6) is 5.75 Å². The SMILES string of the molecule is COc1c(C)cnc(CS(=O)(=O)C(C)CC(=O)O)c1C. The number of aliphatic carboxylic acids is 1. The van der Waals surface area contributed by atoms with Crippen molar-refractivity contribution in [2.24, 2.45) is 0 Å². The van der Waals surface area contributed by atoms with Crippen molar-refractivity contribution in [3.8, 4) is 5.75 Å². The van der Waals surface area contributed by atoms with Crippen LogP contribution >= 0.6 is 0 Å². The van der Waals surface area contributed by atoms with Gasteiger partial charge in [-0.1, -0.05) is 0 Å². The second kappa shape index (κ2) is 6.21. The zero-order chi connectivity index (χ0) is 15.5. The highest BCUT2D eigenvalue weighted by molar-refractivity contribution is 7.91. The highest BCUT2D eigenvalue weighted by atomic mass is 32.2. The van der Waals surface area contributed by atoms with Crippen LogP contribution in [-0.2, 0) is 20.4 Å². The number of pyridine rings is 1. The Morgan fingerprint density at radius 2 is 2.05 bits per heavy atom. The summed E-state index contributed by atoms with van der Waals surface area (Å²) < 4.78 is 29.5. The second-order valence-electron chi connectivity index (χ2n) is 4.76. The van der Waals surface area contributed by atoms with Crippen molar-refractivity contribution in [2.45, 2.75) is 38.2 Å². The molecule has 1 heterocycles. The Morgan fingerprint density at radius 1 is 1.45 bits per heavy atom. The van der Waals surface area contributed by atoms with E-state index >= 15 is 0 Å². The molecule has 1 unspecified atom stereocenters. The number of sulfone groups is 1. The Bertz CT molecular complexity index is 609. The average molecular weight is 301 g/mol. The molecule has 112 valence electrons. The molecular weight excluding hydrogens is 282 g/mol. The Hall–Kier alpha value is -1.63. The molecule has 20 heavy (non-hydrogen) atoms. The lowest BCUT2D eigenvalue weighted by Gasteiger charge is -2.14. The van der Waals surface area contributed by atoms with E-state index in [1.54, 1.807) is 13.1 Å². The molecule has 0 amide bonds. The molecule has 0 spiro atoms. The van der Waals surface area contributed by atoms with E-state index in [1.165, 1.54) is 14.0 Å². The molecule has 0 aliphatic carbocycles. The van der Waals surface area contributed by atoms with E-state index in [1.807, 2.05) is 6.92 Å². The normalized spacial score (nSPS) is 13.0. The van der Waals surface area contributed by atoms with Gasteiger partial charge in [-0.05, 0) is 20.8 Å². The number of ether oxygens (including phenoxy) is 1. The van der Waals surface area contributed by atoms with Crippen LogP contribution in [0.15, 0.2) is 6.20 Å². The van der Waals surface area contributed by atoms with Crippen LogP contribution in [0.2, 0.25) is 0 Å². The molecule has 0 bridgehead atoms. The van der Waals surface area contributed by atoms with Gasteiger partial charge < -0.3 is 9.84 Å². The lowest BCUT2D eigenvalue weighted by Crippen LogP contribution is -2.23. The first-order valence-electron chi connectivity index (χ1n) is 6.11. The number of carbonyl (C=O) groups is 1. The number of carboxylic acid groups (broad SMARTS) is 1. The van der Waals surface area contributed by atoms with Gasteiger partial charge in [-0.2, -0.15) is 0 Å². The number of hydrogen-bond acceptors (Lipinski definition) is 5. The summed E-state index contributed by atoms with van der Waals surface area (Å²) in [5, 5.41) is 7.74. The highest BCUT2D eigenvalue weighted by Crippen LogP contribution is 2.26. The monoisotopic (exact) mass is 301 g/mol. The molecule has 1 atom stereocenters. The van der Waals surface area contributed by atoms with Gasteiger partial charge in [-0.3, -0.25) is 9.78 Å². The fourth-order valence-electron chi connectivity index (χ4n) is 1.92. The van der Waals surface area contributed by atoms with Gasteiger partial charge in [-0.25, -0.2) is 8.42 Å². The fraction of sp³-hybridized carbons (Fsp3) is 0.538. The molecule has 1 aromatic rings. The molecule has 1 aromatic heterocycles. The average Bonchev–Trinajstić information content (AvgIpc) is 2.32. The molecule has 0 saturated carbocycles. The molecule has 0 fully saturated rings. The topological polar surface area (TPSA) is 93.6 Å². The number of nitrogens with zero attached hydrogens (tertiary/aromatic N) is 1. The van der Waals surface area contributed by atoms with Crippen molar-refractivity contribution in [1.29, 1.82) is 0 Å². The minimum absolute atomic E-state index is 0.288. The first-order valence-corrected chi connectivity index (χ1v) is 7.83. The summed E-state index contributed by atoms with van der Waals surface area (Å²) in [5.74, 6) is -0.812. The van der Waals surface area contributed by atoms with Crippen LogP contribution in [0.4, 0.5) is 0 Å². The van der Waals surface area contributed by atoms with Gasteiger partial charge in [0.25, 0.3) is 0 Å².